The highest BCUT2D eigenvalue weighted by Gasteiger charge is 2.44. The highest BCUT2D eigenvalue weighted by atomic mass is 15.2. The number of nitrogens with zero attached hydrogens (tertiary/aromatic N) is 2. The lowest BCUT2D eigenvalue weighted by Crippen LogP contribution is -2.46. The number of fused-ring (bicyclic) bond motifs is 3. The second-order valence-electron chi connectivity index (χ2n) is 9.23. The topological polar surface area (TPSA) is 6.48 Å². The molecule has 2 nitrogen and oxygen atoms in total. The van der Waals surface area contributed by atoms with Gasteiger partial charge in [-0.1, -0.05) is 42.8 Å². The second-order valence-corrected chi connectivity index (χ2v) is 9.23. The molecule has 1 aromatic carbocycles. The first kappa shape index (κ1) is 22.9. The summed E-state index contributed by atoms with van der Waals surface area (Å²) >= 11 is 0. The van der Waals surface area contributed by atoms with Crippen LogP contribution in [0.5, 0.6) is 0 Å². The van der Waals surface area contributed by atoms with Gasteiger partial charge in [0.15, 0.2) is 0 Å². The molecule has 1 aromatic rings. The molecule has 2 unspecified atom stereocenters. The largest absolute Gasteiger partial charge is 0.368 e. The predicted octanol–water partition coefficient (Wildman–Crippen LogP) is 6.53. The third kappa shape index (κ3) is 5.09. The molecule has 2 saturated heterocycles. The maximum absolute atomic E-state index is 3.00. The molecule has 2 fully saturated rings. The fraction of sp³-hybridized carbons (Fsp3) is 0.571. The molecule has 0 N–H and O–H groups in total. The first-order chi connectivity index (χ1) is 14.7. The number of rotatable bonds is 7. The highest BCUT2D eigenvalue weighted by molar-refractivity contribution is 5.45. The quantitative estimate of drug-likeness (QED) is 0.375. The van der Waals surface area contributed by atoms with Crippen molar-refractivity contribution in [1.82, 2.24) is 9.80 Å². The van der Waals surface area contributed by atoms with Gasteiger partial charge in [-0.25, -0.2) is 0 Å². The minimum Gasteiger partial charge on any atom is -0.368 e. The molecule has 0 radical (unpaired) electrons. The van der Waals surface area contributed by atoms with E-state index in [0.29, 0.717) is 0 Å². The first-order valence-corrected chi connectivity index (χ1v) is 12.1. The fourth-order valence-electron chi connectivity index (χ4n) is 5.64. The lowest BCUT2D eigenvalue weighted by atomic mass is 9.85. The molecule has 2 atom stereocenters. The number of hydrogen-bond donors (Lipinski definition) is 0. The van der Waals surface area contributed by atoms with Crippen LogP contribution in [0.2, 0.25) is 0 Å². The molecular formula is C28H42N2. The fourth-order valence-corrected chi connectivity index (χ4v) is 5.64. The molecule has 2 aliphatic heterocycles. The molecular weight excluding hydrogens is 364 g/mol. The molecule has 2 heterocycles. The van der Waals surface area contributed by atoms with E-state index in [1.165, 1.54) is 82.3 Å². The monoisotopic (exact) mass is 406 g/mol. The van der Waals surface area contributed by atoms with Crippen LogP contribution < -0.4 is 0 Å². The molecule has 0 aromatic heterocycles. The van der Waals surface area contributed by atoms with Crippen LogP contribution in [0.25, 0.3) is 0 Å². The lowest BCUT2D eigenvalue weighted by Gasteiger charge is -2.38. The Labute approximate surface area is 185 Å². The maximum Gasteiger partial charge on any atom is 0.0391 e. The Bertz CT molecular complexity index is 742. The van der Waals surface area contributed by atoms with E-state index in [9.17, 15) is 0 Å². The van der Waals surface area contributed by atoms with Crippen molar-refractivity contribution in [2.75, 3.05) is 26.2 Å². The van der Waals surface area contributed by atoms with Crippen molar-refractivity contribution in [2.24, 2.45) is 5.92 Å². The molecule has 0 bridgehead atoms. The number of unbranched alkanes of at least 4 members (excludes halogenated alkanes) is 1. The average Bonchev–Trinajstić information content (AvgIpc) is 3.09. The summed E-state index contributed by atoms with van der Waals surface area (Å²) in [6.07, 6.45) is 11.6. The van der Waals surface area contributed by atoms with Crippen molar-refractivity contribution >= 4 is 0 Å². The van der Waals surface area contributed by atoms with Crippen LogP contribution in [-0.4, -0.2) is 42.0 Å². The van der Waals surface area contributed by atoms with Crippen molar-refractivity contribution in [3.63, 3.8) is 0 Å². The van der Waals surface area contributed by atoms with E-state index in [1.54, 1.807) is 16.8 Å². The van der Waals surface area contributed by atoms with Crippen LogP contribution in [0.4, 0.5) is 0 Å². The summed E-state index contributed by atoms with van der Waals surface area (Å²) in [7, 11) is 0. The van der Waals surface area contributed by atoms with Crippen LogP contribution in [0.1, 0.15) is 63.5 Å². The average molecular weight is 407 g/mol. The molecule has 3 aliphatic rings. The van der Waals surface area contributed by atoms with Gasteiger partial charge in [-0.2, -0.15) is 0 Å². The highest BCUT2D eigenvalue weighted by Crippen LogP contribution is 2.46. The maximum atomic E-state index is 3.00. The first-order valence-electron chi connectivity index (χ1n) is 12.1. The van der Waals surface area contributed by atoms with E-state index in [-0.39, 0.29) is 0 Å². The molecule has 0 amide bonds. The van der Waals surface area contributed by atoms with E-state index >= 15 is 0 Å². The van der Waals surface area contributed by atoms with Crippen molar-refractivity contribution in [3.05, 3.63) is 71.5 Å². The Morgan fingerprint density at radius 2 is 1.80 bits per heavy atom. The van der Waals surface area contributed by atoms with Gasteiger partial charge in [-0.05, 0) is 82.0 Å². The van der Waals surface area contributed by atoms with Crippen LogP contribution in [0.3, 0.4) is 0 Å². The Morgan fingerprint density at radius 3 is 2.53 bits per heavy atom. The number of hydrogen-bond acceptors (Lipinski definition) is 2. The zero-order valence-corrected chi connectivity index (χ0v) is 19.6. The summed E-state index contributed by atoms with van der Waals surface area (Å²) < 4.78 is 0. The van der Waals surface area contributed by atoms with Crippen LogP contribution in [-0.2, 0) is 6.42 Å². The molecule has 2 heteroatoms. The van der Waals surface area contributed by atoms with Gasteiger partial charge in [0.1, 0.15) is 0 Å². The molecule has 1 aliphatic carbocycles. The number of aryl methyl sites for hydroxylation is 2. The van der Waals surface area contributed by atoms with Crippen molar-refractivity contribution in [3.8, 4) is 0 Å². The predicted molar refractivity (Wildman–Crippen MR) is 131 cm³/mol. The van der Waals surface area contributed by atoms with Crippen LogP contribution in [0, 0.1) is 12.8 Å². The Morgan fingerprint density at radius 1 is 1.03 bits per heavy atom. The minimum absolute atomic E-state index is 0.752. The number of piperidine rings is 1. The van der Waals surface area contributed by atoms with E-state index in [4.69, 9.17) is 0 Å². The van der Waals surface area contributed by atoms with Gasteiger partial charge in [0.25, 0.3) is 0 Å². The van der Waals surface area contributed by atoms with Gasteiger partial charge in [0.05, 0.1) is 0 Å². The molecule has 30 heavy (non-hydrogen) atoms. The van der Waals surface area contributed by atoms with Crippen molar-refractivity contribution in [2.45, 2.75) is 71.8 Å². The second kappa shape index (κ2) is 11.0. The Kier molecular flexibility index (Phi) is 8.39. The molecule has 0 spiro atoms. The van der Waals surface area contributed by atoms with Gasteiger partial charge in [0.2, 0.25) is 0 Å². The zero-order valence-electron chi connectivity index (χ0n) is 19.6. The molecule has 164 valence electrons. The Balaban J connectivity index is 0.00000124. The normalized spacial score (nSPS) is 23.4. The van der Waals surface area contributed by atoms with Gasteiger partial charge in [-0.15, -0.1) is 13.2 Å². The van der Waals surface area contributed by atoms with Gasteiger partial charge in [-0.3, -0.25) is 0 Å². The lowest BCUT2D eigenvalue weighted by molar-refractivity contribution is 0.122. The summed E-state index contributed by atoms with van der Waals surface area (Å²) in [4.78, 5) is 5.55. The third-order valence-electron chi connectivity index (χ3n) is 7.08. The summed E-state index contributed by atoms with van der Waals surface area (Å²) in [6, 6.07) is 9.85. The van der Waals surface area contributed by atoms with E-state index < -0.39 is 0 Å². The summed E-state index contributed by atoms with van der Waals surface area (Å²) in [5.41, 5.74) is 7.84. The summed E-state index contributed by atoms with van der Waals surface area (Å²) in [5, 5.41) is 0. The Hall–Kier alpha value is -1.80. The van der Waals surface area contributed by atoms with Gasteiger partial charge in [0, 0.05) is 37.3 Å². The summed E-state index contributed by atoms with van der Waals surface area (Å²) in [5.74, 6) is 0.752. The van der Waals surface area contributed by atoms with E-state index in [1.807, 2.05) is 0 Å². The number of allylic oxidation sites excluding steroid dienone is 3. The zero-order chi connectivity index (χ0) is 21.5. The number of likely N-dealkylation sites (tertiary alicyclic amines) is 2. The molecule has 4 rings (SSSR count). The van der Waals surface area contributed by atoms with Crippen LogP contribution >= 0.6 is 0 Å². The van der Waals surface area contributed by atoms with Gasteiger partial charge >= 0.3 is 0 Å². The van der Waals surface area contributed by atoms with Gasteiger partial charge < -0.3 is 9.80 Å². The van der Waals surface area contributed by atoms with E-state index in [2.05, 4.69) is 74.1 Å². The van der Waals surface area contributed by atoms with E-state index in [0.717, 1.165) is 12.0 Å². The smallest absolute Gasteiger partial charge is 0.0391 e. The molecule has 0 saturated carbocycles. The van der Waals surface area contributed by atoms with Crippen molar-refractivity contribution in [1.29, 1.82) is 0 Å². The SMILES string of the molecule is C=C.CCCN1C2=C(C)CCC=C2C2CN(CCCCc3ccc(C)cc3)CCC21. The van der Waals surface area contributed by atoms with Crippen LogP contribution in [0.15, 0.2) is 60.3 Å². The minimum atomic E-state index is 0.752. The van der Waals surface area contributed by atoms with Crippen molar-refractivity contribution < 1.29 is 0 Å². The third-order valence-corrected chi connectivity index (χ3v) is 7.08. The number of benzene rings is 1. The summed E-state index contributed by atoms with van der Waals surface area (Å²) in [6.45, 7) is 17.9. The standard InChI is InChI=1S/C26H38N2.C2H4/c1-4-16-28-25-15-18-27(17-6-5-9-22-13-11-20(2)12-14-22)19-24(25)23-10-7-8-21(3)26(23)28;1-2/h10-14,24-25H,4-9,15-19H2,1-3H3;1-2H2.